The van der Waals surface area contributed by atoms with E-state index in [0.29, 0.717) is 0 Å². The standard InChI is InChI=1S/C16H16O9/c17-9-3-1-8(5-10(9)18)2-4-13(20)25-12-7-16(24,15(22)23)6-11(19)14(12)21/h1-5,11-12,14,19,21,24H,6-7H2,(H,22,23)/b4-2-. The van der Waals surface area contributed by atoms with Gasteiger partial charge in [0.25, 0.3) is 0 Å². The molecule has 0 heterocycles. The van der Waals surface area contributed by atoms with E-state index >= 15 is 0 Å². The van der Waals surface area contributed by atoms with Gasteiger partial charge in [0.2, 0.25) is 11.6 Å². The minimum atomic E-state index is -2.32. The number of hydrogen-bond acceptors (Lipinski definition) is 8. The van der Waals surface area contributed by atoms with Crippen molar-refractivity contribution in [3.63, 3.8) is 0 Å². The smallest absolute Gasteiger partial charge is 0.335 e. The first-order valence-corrected chi connectivity index (χ1v) is 7.31. The van der Waals surface area contributed by atoms with Crippen molar-refractivity contribution in [2.75, 3.05) is 0 Å². The predicted molar refractivity (Wildman–Crippen MR) is 80.1 cm³/mol. The highest BCUT2D eigenvalue weighted by Crippen LogP contribution is 2.31. The van der Waals surface area contributed by atoms with Gasteiger partial charge in [-0.3, -0.25) is 9.59 Å². The van der Waals surface area contributed by atoms with Gasteiger partial charge in [-0.2, -0.15) is 0 Å². The van der Waals surface area contributed by atoms with Crippen LogP contribution in [0.5, 0.6) is 0 Å². The van der Waals surface area contributed by atoms with Crippen LogP contribution in [0.15, 0.2) is 36.0 Å². The van der Waals surface area contributed by atoms with E-state index < -0.39 is 60.3 Å². The van der Waals surface area contributed by atoms with Crippen LogP contribution < -0.4 is 0 Å². The fourth-order valence-electron chi connectivity index (χ4n) is 2.52. The third kappa shape index (κ3) is 4.27. The van der Waals surface area contributed by atoms with E-state index in [9.17, 15) is 34.5 Å². The molecule has 0 saturated heterocycles. The van der Waals surface area contributed by atoms with Crippen molar-refractivity contribution >= 4 is 23.5 Å². The number of carboxylic acids is 1. The molecule has 134 valence electrons. The summed E-state index contributed by atoms with van der Waals surface area (Å²) < 4.78 is 4.90. The van der Waals surface area contributed by atoms with E-state index in [2.05, 4.69) is 0 Å². The molecule has 1 fully saturated rings. The summed E-state index contributed by atoms with van der Waals surface area (Å²) in [6, 6.07) is 0. The summed E-state index contributed by atoms with van der Waals surface area (Å²) >= 11 is 0. The van der Waals surface area contributed by atoms with Crippen molar-refractivity contribution in [3.05, 3.63) is 36.0 Å². The van der Waals surface area contributed by atoms with E-state index in [1.807, 2.05) is 0 Å². The highest BCUT2D eigenvalue weighted by atomic mass is 16.6. The maximum absolute atomic E-state index is 11.8. The number of aliphatic carboxylic acids is 1. The molecule has 4 unspecified atom stereocenters. The molecule has 1 saturated carbocycles. The Labute approximate surface area is 141 Å². The third-order valence-electron chi connectivity index (χ3n) is 3.91. The van der Waals surface area contributed by atoms with Crippen LogP contribution in [0.2, 0.25) is 0 Å². The maximum Gasteiger partial charge on any atom is 0.335 e. The largest absolute Gasteiger partial charge is 0.479 e. The zero-order chi connectivity index (χ0) is 18.8. The molecule has 0 spiro atoms. The number of carboxylic acid groups (broad SMARTS) is 1. The van der Waals surface area contributed by atoms with Crippen LogP contribution in [-0.4, -0.2) is 67.8 Å². The van der Waals surface area contributed by atoms with Gasteiger partial charge in [0, 0.05) is 18.9 Å². The van der Waals surface area contributed by atoms with Crippen LogP contribution in [0.1, 0.15) is 12.8 Å². The molecule has 9 nitrogen and oxygen atoms in total. The maximum atomic E-state index is 11.8. The first-order valence-electron chi connectivity index (χ1n) is 7.31. The van der Waals surface area contributed by atoms with E-state index in [1.165, 1.54) is 12.2 Å². The molecule has 4 atom stereocenters. The molecular formula is C16H16O9. The quantitative estimate of drug-likeness (QED) is 0.203. The zero-order valence-electron chi connectivity index (χ0n) is 12.9. The van der Waals surface area contributed by atoms with Crippen molar-refractivity contribution in [3.8, 4) is 0 Å². The van der Waals surface area contributed by atoms with Crippen LogP contribution in [-0.2, 0) is 23.9 Å². The Hall–Kier alpha value is -2.62. The Balaban J connectivity index is 2.04. The molecule has 2 rings (SSSR count). The number of carbonyl (C=O) groups excluding carboxylic acids is 3. The number of hydrogen-bond donors (Lipinski definition) is 4. The molecule has 0 amide bonds. The lowest BCUT2D eigenvalue weighted by Crippen LogP contribution is -2.57. The van der Waals surface area contributed by atoms with Gasteiger partial charge in [0.05, 0.1) is 6.10 Å². The number of esters is 1. The third-order valence-corrected chi connectivity index (χ3v) is 3.91. The van der Waals surface area contributed by atoms with Gasteiger partial charge in [0.15, 0.2) is 5.60 Å². The number of aliphatic hydroxyl groups excluding tert-OH is 2. The molecule has 0 radical (unpaired) electrons. The van der Waals surface area contributed by atoms with Crippen molar-refractivity contribution < 1.29 is 44.3 Å². The SMILES string of the molecule is O=C(/C=C\C1=CC(=O)C(=O)C=C1)OC1CC(O)(C(=O)O)CC(O)C1O. The molecule has 0 aliphatic heterocycles. The van der Waals surface area contributed by atoms with Crippen LogP contribution >= 0.6 is 0 Å². The fraction of sp³-hybridized carbons (Fsp3) is 0.375. The summed E-state index contributed by atoms with van der Waals surface area (Å²) in [6.45, 7) is 0. The first kappa shape index (κ1) is 18.7. The van der Waals surface area contributed by atoms with Gasteiger partial charge < -0.3 is 25.2 Å². The lowest BCUT2D eigenvalue weighted by molar-refractivity contribution is -0.196. The highest BCUT2D eigenvalue weighted by molar-refractivity contribution is 6.46. The lowest BCUT2D eigenvalue weighted by atomic mass is 9.79. The van der Waals surface area contributed by atoms with Crippen molar-refractivity contribution in [1.29, 1.82) is 0 Å². The van der Waals surface area contributed by atoms with Gasteiger partial charge in [-0.15, -0.1) is 0 Å². The number of ketones is 2. The topological polar surface area (TPSA) is 158 Å². The summed E-state index contributed by atoms with van der Waals surface area (Å²) in [5.74, 6) is -4.01. The number of aliphatic hydroxyl groups is 3. The van der Waals surface area contributed by atoms with Crippen molar-refractivity contribution in [2.24, 2.45) is 0 Å². The molecule has 4 N–H and O–H groups in total. The highest BCUT2D eigenvalue weighted by Gasteiger charge is 2.50. The van der Waals surface area contributed by atoms with Crippen LogP contribution in [0.4, 0.5) is 0 Å². The molecular weight excluding hydrogens is 336 g/mol. The molecule has 0 aromatic rings. The Kier molecular flexibility index (Phi) is 5.31. The molecule has 2 aliphatic rings. The molecule has 25 heavy (non-hydrogen) atoms. The Bertz CT molecular complexity index is 702. The van der Waals surface area contributed by atoms with E-state index in [0.717, 1.165) is 18.2 Å². The Morgan fingerprint density at radius 2 is 1.84 bits per heavy atom. The fourth-order valence-corrected chi connectivity index (χ4v) is 2.52. The van der Waals surface area contributed by atoms with Crippen molar-refractivity contribution in [2.45, 2.75) is 36.8 Å². The second-order valence-corrected chi connectivity index (χ2v) is 5.82. The summed E-state index contributed by atoms with van der Waals surface area (Å²) in [5, 5.41) is 38.4. The average molecular weight is 352 g/mol. The normalized spacial score (nSPS) is 32.6. The van der Waals surface area contributed by atoms with Gasteiger partial charge in [0.1, 0.15) is 12.2 Å². The Morgan fingerprint density at radius 1 is 1.16 bits per heavy atom. The lowest BCUT2D eigenvalue weighted by Gasteiger charge is -2.39. The van der Waals surface area contributed by atoms with Gasteiger partial charge in [-0.05, 0) is 23.8 Å². The van der Waals surface area contributed by atoms with Gasteiger partial charge in [-0.25, -0.2) is 9.59 Å². The summed E-state index contributed by atoms with van der Waals surface area (Å²) in [6.07, 6.45) is -0.260. The first-order chi connectivity index (χ1) is 11.6. The van der Waals surface area contributed by atoms with Crippen molar-refractivity contribution in [1.82, 2.24) is 0 Å². The number of allylic oxidation sites excluding steroid dienone is 5. The number of carbonyl (C=O) groups is 4. The molecule has 0 aromatic heterocycles. The molecule has 0 aromatic carbocycles. The Morgan fingerprint density at radius 3 is 2.44 bits per heavy atom. The minimum Gasteiger partial charge on any atom is -0.479 e. The summed E-state index contributed by atoms with van der Waals surface area (Å²) in [5.41, 5.74) is -2.05. The average Bonchev–Trinajstić information content (AvgIpc) is 2.53. The summed E-state index contributed by atoms with van der Waals surface area (Å²) in [7, 11) is 0. The molecule has 0 bridgehead atoms. The molecule has 9 heteroatoms. The van der Waals surface area contributed by atoms with Crippen LogP contribution in [0.25, 0.3) is 0 Å². The van der Waals surface area contributed by atoms with Crippen LogP contribution in [0.3, 0.4) is 0 Å². The summed E-state index contributed by atoms with van der Waals surface area (Å²) in [4.78, 5) is 45.1. The molecule has 2 aliphatic carbocycles. The second-order valence-electron chi connectivity index (χ2n) is 5.82. The number of rotatable bonds is 4. The second kappa shape index (κ2) is 7.09. The zero-order valence-corrected chi connectivity index (χ0v) is 12.9. The van der Waals surface area contributed by atoms with Gasteiger partial charge >= 0.3 is 11.9 Å². The predicted octanol–water partition coefficient (Wildman–Crippen LogP) is -1.58. The van der Waals surface area contributed by atoms with Gasteiger partial charge in [-0.1, -0.05) is 6.08 Å². The van der Waals surface area contributed by atoms with E-state index in [-0.39, 0.29) is 5.57 Å². The minimum absolute atomic E-state index is 0.271. The monoisotopic (exact) mass is 352 g/mol. The van der Waals surface area contributed by atoms with Crippen LogP contribution in [0, 0.1) is 0 Å². The van der Waals surface area contributed by atoms with E-state index in [1.54, 1.807) is 0 Å². The van der Waals surface area contributed by atoms with E-state index in [4.69, 9.17) is 9.84 Å². The number of ether oxygens (including phenoxy) is 1.